The van der Waals surface area contributed by atoms with E-state index in [2.05, 4.69) is 20.3 Å². The van der Waals surface area contributed by atoms with E-state index in [1.54, 1.807) is 27.7 Å². The van der Waals surface area contributed by atoms with Gasteiger partial charge in [0.1, 0.15) is 0 Å². The molecule has 0 radical (unpaired) electrons. The molecule has 0 aromatic heterocycles. The molecule has 0 bridgehead atoms. The zero-order chi connectivity index (χ0) is 13.3. The summed E-state index contributed by atoms with van der Waals surface area (Å²) < 4.78 is 0. The van der Waals surface area contributed by atoms with Crippen LogP contribution in [0.3, 0.4) is 0 Å². The molecule has 6 nitrogen and oxygen atoms in total. The molecule has 0 rings (SSSR count). The van der Waals surface area contributed by atoms with Crippen molar-refractivity contribution in [2.24, 2.45) is 20.3 Å². The maximum atomic E-state index is 10.2. The minimum atomic E-state index is 0.410. The zero-order valence-corrected chi connectivity index (χ0v) is 10.8. The maximum absolute atomic E-state index is 10.2. The summed E-state index contributed by atoms with van der Waals surface area (Å²) >= 11 is 0. The Kier molecular flexibility index (Phi) is 7.58. The first kappa shape index (κ1) is 15.3. The van der Waals surface area contributed by atoms with Gasteiger partial charge in [-0.15, -0.1) is 0 Å². The largest absolute Gasteiger partial charge is 0.792 e. The van der Waals surface area contributed by atoms with Crippen LogP contribution in [0.2, 0.25) is 0 Å². The number of aliphatic imine (C=N–C) groups is 2. The van der Waals surface area contributed by atoms with Crippen LogP contribution in [0.25, 0.3) is 0 Å². The average Bonchev–Trinajstić information content (AvgIpc) is 2.35. The monoisotopic (exact) mass is 239 g/mol. The summed E-state index contributed by atoms with van der Waals surface area (Å²) in [5.41, 5.74) is 2.30. The molecular weight excluding hydrogens is 220 g/mol. The van der Waals surface area contributed by atoms with Gasteiger partial charge in [-0.25, -0.2) is 0 Å². The van der Waals surface area contributed by atoms with E-state index in [0.717, 1.165) is 6.42 Å². The van der Waals surface area contributed by atoms with E-state index in [1.807, 2.05) is 0 Å². The van der Waals surface area contributed by atoms with Crippen LogP contribution in [-0.2, 0) is 0 Å². The van der Waals surface area contributed by atoms with E-state index in [4.69, 9.17) is 5.21 Å². The molecular formula is C11H19N4O2-. The van der Waals surface area contributed by atoms with E-state index in [-0.39, 0.29) is 0 Å². The normalized spacial score (nSPS) is 15.3. The van der Waals surface area contributed by atoms with Crippen molar-refractivity contribution in [1.29, 1.82) is 0 Å². The molecule has 0 unspecified atom stereocenters. The summed E-state index contributed by atoms with van der Waals surface area (Å²) in [6.07, 6.45) is 0.777. The lowest BCUT2D eigenvalue weighted by Gasteiger charge is -2.02. The van der Waals surface area contributed by atoms with Crippen molar-refractivity contribution in [3.8, 4) is 0 Å². The Morgan fingerprint density at radius 3 is 1.76 bits per heavy atom. The van der Waals surface area contributed by atoms with Crippen LogP contribution in [0, 0.1) is 5.21 Å². The lowest BCUT2D eigenvalue weighted by molar-refractivity contribution is 0.320. The van der Waals surface area contributed by atoms with E-state index < -0.39 is 0 Å². The van der Waals surface area contributed by atoms with Gasteiger partial charge in [-0.05, 0) is 34.1 Å². The molecule has 0 fully saturated rings. The topological polar surface area (TPSA) is 92.7 Å². The van der Waals surface area contributed by atoms with Crippen molar-refractivity contribution in [3.63, 3.8) is 0 Å². The van der Waals surface area contributed by atoms with Gasteiger partial charge in [-0.2, -0.15) is 0 Å². The summed E-state index contributed by atoms with van der Waals surface area (Å²) in [6, 6.07) is 0. The first-order chi connectivity index (χ1) is 8.02. The minimum absolute atomic E-state index is 0.410. The second-order valence-electron chi connectivity index (χ2n) is 3.65. The summed E-state index contributed by atoms with van der Waals surface area (Å²) in [5.74, 6) is 0. The summed E-state index contributed by atoms with van der Waals surface area (Å²) in [4.78, 5) is 8.42. The Bertz CT molecular complexity index is 322. The number of hydrogen-bond donors (Lipinski definition) is 1. The quantitative estimate of drug-likeness (QED) is 0.332. The summed E-state index contributed by atoms with van der Waals surface area (Å²) in [6.45, 7) is 8.09. The lowest BCUT2D eigenvalue weighted by atomic mass is 10.3. The molecule has 0 aliphatic carbocycles. The third kappa shape index (κ3) is 6.44. The fraction of sp³-hybridized carbons (Fsp3) is 0.636. The molecule has 0 amide bonds. The van der Waals surface area contributed by atoms with Crippen LogP contribution in [0.4, 0.5) is 0 Å². The van der Waals surface area contributed by atoms with Crippen LogP contribution in [0.1, 0.15) is 34.1 Å². The Balaban J connectivity index is 4.03. The molecule has 0 aliphatic rings. The third-order valence-electron chi connectivity index (χ3n) is 2.35. The van der Waals surface area contributed by atoms with Crippen molar-refractivity contribution in [3.05, 3.63) is 5.21 Å². The summed E-state index contributed by atoms with van der Waals surface area (Å²) in [7, 11) is 0. The van der Waals surface area contributed by atoms with Crippen molar-refractivity contribution >= 4 is 22.8 Å². The van der Waals surface area contributed by atoms with Crippen molar-refractivity contribution < 1.29 is 5.21 Å². The second-order valence-corrected chi connectivity index (χ2v) is 3.65. The van der Waals surface area contributed by atoms with Crippen LogP contribution >= 0.6 is 0 Å². The smallest absolute Gasteiger partial charge is 0.0971 e. The molecule has 96 valence electrons. The molecule has 17 heavy (non-hydrogen) atoms. The number of nitrogens with zero attached hydrogens (tertiary/aromatic N) is 4. The standard InChI is InChI=1S/C11H20N4O2/c1-8(10(3)14-16)12-6-5-7-13-9(2)11(4)15-17/h16-17H,5-7H2,1-4H3/p-1/b12-8?,13-9?,14-10+,15-11+. The average molecular weight is 239 g/mol. The third-order valence-corrected chi connectivity index (χ3v) is 2.35. The Morgan fingerprint density at radius 1 is 0.882 bits per heavy atom. The van der Waals surface area contributed by atoms with E-state index >= 15 is 0 Å². The van der Waals surface area contributed by atoms with Gasteiger partial charge in [-0.1, -0.05) is 5.16 Å². The highest BCUT2D eigenvalue weighted by Gasteiger charge is 1.96. The highest BCUT2D eigenvalue weighted by atomic mass is 16.4. The number of oxime groups is 1. The maximum Gasteiger partial charge on any atom is 0.0971 e. The van der Waals surface area contributed by atoms with Crippen molar-refractivity contribution in [2.75, 3.05) is 13.1 Å². The first-order valence-electron chi connectivity index (χ1n) is 5.41. The molecule has 0 aromatic carbocycles. The predicted molar refractivity (Wildman–Crippen MR) is 71.9 cm³/mol. The molecule has 0 aromatic rings. The minimum Gasteiger partial charge on any atom is -0.792 e. The van der Waals surface area contributed by atoms with Gasteiger partial charge >= 0.3 is 0 Å². The van der Waals surface area contributed by atoms with E-state index in [1.165, 1.54) is 0 Å². The molecule has 0 saturated carbocycles. The zero-order valence-electron chi connectivity index (χ0n) is 10.8. The van der Waals surface area contributed by atoms with Crippen LogP contribution in [0.5, 0.6) is 0 Å². The molecule has 0 saturated heterocycles. The van der Waals surface area contributed by atoms with Gasteiger partial charge in [0.05, 0.1) is 17.1 Å². The van der Waals surface area contributed by atoms with Crippen molar-refractivity contribution in [1.82, 2.24) is 0 Å². The number of rotatable bonds is 6. The molecule has 6 heteroatoms. The van der Waals surface area contributed by atoms with Gasteiger partial charge < -0.3 is 15.6 Å². The SMILES string of the molecule is CC(=NCCCN=C(C)/C(C)=N/O)/C(C)=N/[O-]. The van der Waals surface area contributed by atoms with Crippen molar-refractivity contribution in [2.45, 2.75) is 34.1 Å². The Labute approximate surface area is 101 Å². The van der Waals surface area contributed by atoms with Gasteiger partial charge in [0, 0.05) is 18.8 Å². The Hall–Kier alpha value is -1.72. The lowest BCUT2D eigenvalue weighted by Crippen LogP contribution is -2.08. The number of hydrogen-bond acceptors (Lipinski definition) is 6. The van der Waals surface area contributed by atoms with E-state index in [0.29, 0.717) is 35.9 Å². The molecule has 0 aliphatic heterocycles. The molecule has 1 N–H and O–H groups in total. The molecule has 0 heterocycles. The van der Waals surface area contributed by atoms with Gasteiger partial charge in [-0.3, -0.25) is 9.98 Å². The van der Waals surface area contributed by atoms with Gasteiger partial charge in [0.25, 0.3) is 0 Å². The molecule has 0 spiro atoms. The van der Waals surface area contributed by atoms with Crippen LogP contribution in [-0.4, -0.2) is 41.1 Å². The van der Waals surface area contributed by atoms with E-state index in [9.17, 15) is 5.21 Å². The van der Waals surface area contributed by atoms with Gasteiger partial charge in [0.15, 0.2) is 0 Å². The predicted octanol–water partition coefficient (Wildman–Crippen LogP) is 2.11. The highest BCUT2D eigenvalue weighted by Crippen LogP contribution is 1.90. The Morgan fingerprint density at radius 2 is 1.35 bits per heavy atom. The van der Waals surface area contributed by atoms with Crippen LogP contribution < -0.4 is 0 Å². The fourth-order valence-corrected chi connectivity index (χ4v) is 0.931. The molecule has 0 atom stereocenters. The fourth-order valence-electron chi connectivity index (χ4n) is 0.931. The van der Waals surface area contributed by atoms with Gasteiger partial charge in [0.2, 0.25) is 0 Å². The highest BCUT2D eigenvalue weighted by molar-refractivity contribution is 6.41. The summed E-state index contributed by atoms with van der Waals surface area (Å²) in [5, 5.41) is 24.6. The first-order valence-corrected chi connectivity index (χ1v) is 5.41. The van der Waals surface area contributed by atoms with Crippen LogP contribution in [0.15, 0.2) is 20.3 Å². The second kappa shape index (κ2) is 8.43.